The molecule has 2 aliphatic rings. The van der Waals surface area contributed by atoms with Gasteiger partial charge in [-0.3, -0.25) is 0 Å². The van der Waals surface area contributed by atoms with E-state index in [-0.39, 0.29) is 5.97 Å². The second kappa shape index (κ2) is 7.60. The van der Waals surface area contributed by atoms with Crippen molar-refractivity contribution >= 4 is 23.0 Å². The molecule has 1 aromatic carbocycles. The highest BCUT2D eigenvalue weighted by Crippen LogP contribution is 2.39. The van der Waals surface area contributed by atoms with Crippen LogP contribution in [-0.4, -0.2) is 36.8 Å². The van der Waals surface area contributed by atoms with Crippen LogP contribution in [-0.2, 0) is 11.2 Å². The molecular weight excluding hydrogens is 360 g/mol. The summed E-state index contributed by atoms with van der Waals surface area (Å²) in [5.74, 6) is 0.228. The Morgan fingerprint density at radius 2 is 2.11 bits per heavy atom. The van der Waals surface area contributed by atoms with Gasteiger partial charge in [-0.2, -0.15) is 0 Å². The summed E-state index contributed by atoms with van der Waals surface area (Å²) in [7, 11) is 3.91. The summed E-state index contributed by atoms with van der Waals surface area (Å²) in [5, 5.41) is 11.1. The number of benzene rings is 1. The third-order valence-corrected chi connectivity index (χ3v) is 6.80. The average molecular weight is 387 g/mol. The highest BCUT2D eigenvalue weighted by Gasteiger charge is 2.26. The number of carbonyl (C=O) groups excluding carboxylic acids is 1. The van der Waals surface area contributed by atoms with E-state index in [2.05, 4.69) is 0 Å². The van der Waals surface area contributed by atoms with Crippen molar-refractivity contribution in [1.29, 1.82) is 0 Å². The van der Waals surface area contributed by atoms with Gasteiger partial charge in [-0.05, 0) is 56.2 Å². The fourth-order valence-corrected chi connectivity index (χ4v) is 4.78. The van der Waals surface area contributed by atoms with E-state index < -0.39 is 6.10 Å². The Kier molecular flexibility index (Phi) is 5.19. The van der Waals surface area contributed by atoms with Crippen molar-refractivity contribution in [3.63, 3.8) is 0 Å². The molecule has 0 bridgehead atoms. The molecule has 0 saturated heterocycles. The lowest BCUT2D eigenvalue weighted by Gasteiger charge is -2.24. The Labute approximate surface area is 164 Å². The zero-order chi connectivity index (χ0) is 19.0. The van der Waals surface area contributed by atoms with E-state index in [0.717, 1.165) is 58.9 Å². The van der Waals surface area contributed by atoms with E-state index in [1.54, 1.807) is 0 Å². The van der Waals surface area contributed by atoms with Crippen LogP contribution in [0.4, 0.5) is 5.69 Å². The smallest absolute Gasteiger partial charge is 0.338 e. The molecule has 2 aliphatic carbocycles. The van der Waals surface area contributed by atoms with Gasteiger partial charge in [0.2, 0.25) is 0 Å². The molecule has 1 heterocycles. The van der Waals surface area contributed by atoms with Gasteiger partial charge in [0.1, 0.15) is 5.01 Å². The zero-order valence-corrected chi connectivity index (χ0v) is 16.7. The molecule has 4 rings (SSSR count). The van der Waals surface area contributed by atoms with Crippen LogP contribution in [0.3, 0.4) is 0 Å². The summed E-state index contributed by atoms with van der Waals surface area (Å²) in [6.07, 6.45) is 5.72. The monoisotopic (exact) mass is 386 g/mol. The predicted octanol–water partition coefficient (Wildman–Crippen LogP) is 4.20. The fourth-order valence-electron chi connectivity index (χ4n) is 3.61. The SMILES string of the molecule is CN(C)c1ccc(-c2nc3c(s2)C(O)CCC3)c(C(=O)OCC2CCC2)c1. The minimum Gasteiger partial charge on any atom is -0.462 e. The third-order valence-electron chi connectivity index (χ3n) is 5.57. The van der Waals surface area contributed by atoms with Crippen molar-refractivity contribution in [2.75, 3.05) is 25.6 Å². The van der Waals surface area contributed by atoms with E-state index >= 15 is 0 Å². The molecule has 5 nitrogen and oxygen atoms in total. The first-order valence-corrected chi connectivity index (χ1v) is 10.5. The molecule has 0 amide bonds. The average Bonchev–Trinajstić information content (AvgIpc) is 3.05. The summed E-state index contributed by atoms with van der Waals surface area (Å²) in [5.41, 5.74) is 3.28. The van der Waals surface area contributed by atoms with Crippen molar-refractivity contribution in [3.8, 4) is 10.6 Å². The normalized spacial score (nSPS) is 19.3. The summed E-state index contributed by atoms with van der Waals surface area (Å²) >= 11 is 1.50. The third kappa shape index (κ3) is 3.73. The number of anilines is 1. The van der Waals surface area contributed by atoms with Gasteiger partial charge >= 0.3 is 5.97 Å². The molecule has 0 radical (unpaired) electrons. The van der Waals surface area contributed by atoms with Crippen LogP contribution in [0, 0.1) is 5.92 Å². The van der Waals surface area contributed by atoms with Crippen LogP contribution in [0.1, 0.15) is 59.1 Å². The number of fused-ring (bicyclic) bond motifs is 1. The van der Waals surface area contributed by atoms with Gasteiger partial charge in [0.05, 0.1) is 28.8 Å². The lowest BCUT2D eigenvalue weighted by molar-refractivity contribution is 0.0372. The molecule has 27 heavy (non-hydrogen) atoms. The maximum absolute atomic E-state index is 12.9. The van der Waals surface area contributed by atoms with Gasteiger partial charge in [-0.15, -0.1) is 11.3 Å². The van der Waals surface area contributed by atoms with Crippen molar-refractivity contribution in [3.05, 3.63) is 34.3 Å². The minimum absolute atomic E-state index is 0.283. The van der Waals surface area contributed by atoms with Crippen LogP contribution in [0.5, 0.6) is 0 Å². The topological polar surface area (TPSA) is 62.7 Å². The number of thiazole rings is 1. The van der Waals surface area contributed by atoms with E-state index in [9.17, 15) is 9.90 Å². The molecule has 0 spiro atoms. The number of aryl methyl sites for hydroxylation is 1. The van der Waals surface area contributed by atoms with Crippen LogP contribution in [0.15, 0.2) is 18.2 Å². The number of nitrogens with zero attached hydrogens (tertiary/aromatic N) is 2. The van der Waals surface area contributed by atoms with E-state index in [0.29, 0.717) is 18.1 Å². The Balaban J connectivity index is 1.67. The van der Waals surface area contributed by atoms with Crippen molar-refractivity contribution < 1.29 is 14.6 Å². The first-order chi connectivity index (χ1) is 13.0. The number of ether oxygens (including phenoxy) is 1. The number of rotatable bonds is 5. The second-order valence-electron chi connectivity index (χ2n) is 7.76. The number of aromatic nitrogens is 1. The summed E-state index contributed by atoms with van der Waals surface area (Å²) in [6, 6.07) is 5.83. The Hall–Kier alpha value is -1.92. The number of hydrogen-bond acceptors (Lipinski definition) is 6. The first-order valence-electron chi connectivity index (χ1n) is 9.69. The quantitative estimate of drug-likeness (QED) is 0.780. The lowest BCUT2D eigenvalue weighted by atomic mass is 9.86. The molecule has 1 unspecified atom stereocenters. The molecule has 2 aromatic rings. The van der Waals surface area contributed by atoms with Gasteiger partial charge < -0.3 is 14.7 Å². The maximum atomic E-state index is 12.9. The number of carbonyl (C=O) groups is 1. The zero-order valence-electron chi connectivity index (χ0n) is 15.9. The van der Waals surface area contributed by atoms with Gasteiger partial charge in [-0.1, -0.05) is 6.42 Å². The largest absolute Gasteiger partial charge is 0.462 e. The van der Waals surface area contributed by atoms with Crippen molar-refractivity contribution in [2.24, 2.45) is 5.92 Å². The van der Waals surface area contributed by atoms with Crippen LogP contribution < -0.4 is 4.90 Å². The standard InChI is InChI=1S/C21H26N2O3S/c1-23(2)14-9-10-15(16(11-14)21(25)26-12-13-5-3-6-13)20-22-17-7-4-8-18(24)19(17)27-20/h9-11,13,18,24H,3-8,12H2,1-2H3. The highest BCUT2D eigenvalue weighted by molar-refractivity contribution is 7.15. The van der Waals surface area contributed by atoms with Crippen LogP contribution >= 0.6 is 11.3 Å². The summed E-state index contributed by atoms with van der Waals surface area (Å²) < 4.78 is 5.62. The molecule has 0 aliphatic heterocycles. The fraction of sp³-hybridized carbons (Fsp3) is 0.524. The highest BCUT2D eigenvalue weighted by atomic mass is 32.1. The second-order valence-corrected chi connectivity index (χ2v) is 8.79. The van der Waals surface area contributed by atoms with E-state index in [1.807, 2.05) is 37.2 Å². The summed E-state index contributed by atoms with van der Waals surface area (Å²) in [4.78, 5) is 20.5. The summed E-state index contributed by atoms with van der Waals surface area (Å²) in [6.45, 7) is 0.498. The Bertz CT molecular complexity index is 842. The molecule has 1 N–H and O–H groups in total. The van der Waals surface area contributed by atoms with Gasteiger partial charge in [0, 0.05) is 25.3 Å². The molecule has 1 aromatic heterocycles. The molecule has 1 saturated carbocycles. The molecule has 1 atom stereocenters. The van der Waals surface area contributed by atoms with Gasteiger partial charge in [0.15, 0.2) is 0 Å². The number of aliphatic hydroxyl groups excluding tert-OH is 1. The van der Waals surface area contributed by atoms with Gasteiger partial charge in [-0.25, -0.2) is 9.78 Å². The van der Waals surface area contributed by atoms with E-state index in [1.165, 1.54) is 17.8 Å². The Morgan fingerprint density at radius 3 is 2.78 bits per heavy atom. The van der Waals surface area contributed by atoms with Gasteiger partial charge in [0.25, 0.3) is 0 Å². The molecular formula is C21H26N2O3S. The first kappa shape index (κ1) is 18.4. The minimum atomic E-state index is -0.435. The van der Waals surface area contributed by atoms with Crippen LogP contribution in [0.2, 0.25) is 0 Å². The predicted molar refractivity (Wildman–Crippen MR) is 107 cm³/mol. The number of hydrogen-bond donors (Lipinski definition) is 1. The lowest BCUT2D eigenvalue weighted by Crippen LogP contribution is -2.20. The van der Waals surface area contributed by atoms with Crippen molar-refractivity contribution in [1.82, 2.24) is 4.98 Å². The number of aliphatic hydroxyl groups is 1. The Morgan fingerprint density at radius 1 is 1.30 bits per heavy atom. The number of esters is 1. The molecule has 1 fully saturated rings. The van der Waals surface area contributed by atoms with Crippen molar-refractivity contribution in [2.45, 2.75) is 44.6 Å². The van der Waals surface area contributed by atoms with E-state index in [4.69, 9.17) is 9.72 Å². The van der Waals surface area contributed by atoms with Crippen LogP contribution in [0.25, 0.3) is 10.6 Å². The molecule has 6 heteroatoms. The molecule has 144 valence electrons. The maximum Gasteiger partial charge on any atom is 0.338 e.